The molecular weight excluding hydrogens is 310 g/mol. The van der Waals surface area contributed by atoms with Crippen molar-refractivity contribution in [1.29, 1.82) is 0 Å². The van der Waals surface area contributed by atoms with Crippen LogP contribution in [0.3, 0.4) is 0 Å². The molecular formula is C15H17N7O2. The van der Waals surface area contributed by atoms with Crippen molar-refractivity contribution < 1.29 is 9.53 Å². The Hall–Kier alpha value is -3.23. The highest BCUT2D eigenvalue weighted by Crippen LogP contribution is 2.23. The number of aromatic nitrogens is 6. The maximum absolute atomic E-state index is 12.5. The van der Waals surface area contributed by atoms with E-state index < -0.39 is 6.04 Å². The lowest BCUT2D eigenvalue weighted by molar-refractivity contribution is -0.119. The minimum Gasteiger partial charge on any atom is -0.497 e. The van der Waals surface area contributed by atoms with E-state index in [0.29, 0.717) is 17.1 Å². The van der Waals surface area contributed by atoms with Crippen molar-refractivity contribution in [3.8, 4) is 11.4 Å². The van der Waals surface area contributed by atoms with Crippen LogP contribution < -0.4 is 10.1 Å². The molecule has 2 heterocycles. The Bertz CT molecular complexity index is 841. The number of ether oxygens (including phenoxy) is 1. The van der Waals surface area contributed by atoms with E-state index in [1.807, 2.05) is 13.1 Å². The molecule has 1 aromatic carbocycles. The average molecular weight is 327 g/mol. The third kappa shape index (κ3) is 3.24. The second kappa shape index (κ2) is 6.49. The summed E-state index contributed by atoms with van der Waals surface area (Å²) >= 11 is 0. The summed E-state index contributed by atoms with van der Waals surface area (Å²) in [6, 6.07) is 4.82. The van der Waals surface area contributed by atoms with Gasteiger partial charge in [0.15, 0.2) is 0 Å². The number of aryl methyl sites for hydroxylation is 1. The quantitative estimate of drug-likeness (QED) is 0.760. The van der Waals surface area contributed by atoms with Crippen molar-refractivity contribution in [2.45, 2.75) is 19.9 Å². The van der Waals surface area contributed by atoms with Gasteiger partial charge < -0.3 is 10.1 Å². The lowest BCUT2D eigenvalue weighted by Gasteiger charge is -2.14. The molecule has 0 aliphatic rings. The summed E-state index contributed by atoms with van der Waals surface area (Å²) < 4.78 is 8.38. The molecule has 0 aliphatic heterocycles. The van der Waals surface area contributed by atoms with Gasteiger partial charge in [-0.25, -0.2) is 4.68 Å². The molecule has 1 amide bonds. The van der Waals surface area contributed by atoms with Crippen molar-refractivity contribution in [2.75, 3.05) is 12.4 Å². The Morgan fingerprint density at radius 1 is 1.33 bits per heavy atom. The Kier molecular flexibility index (Phi) is 4.23. The first-order valence-electron chi connectivity index (χ1n) is 7.31. The lowest BCUT2D eigenvalue weighted by atomic mass is 10.2. The number of anilines is 1. The lowest BCUT2D eigenvalue weighted by Crippen LogP contribution is -2.24. The Morgan fingerprint density at radius 3 is 2.79 bits per heavy atom. The average Bonchev–Trinajstić information content (AvgIpc) is 3.25. The molecule has 1 unspecified atom stereocenters. The zero-order valence-corrected chi connectivity index (χ0v) is 13.5. The smallest absolute Gasteiger partial charge is 0.248 e. The van der Waals surface area contributed by atoms with Crippen LogP contribution in [0, 0.1) is 6.92 Å². The SMILES string of the molecule is COc1cc(NC(=O)C(C)n2cc(C)cn2)cc(-n2cnnn2)c1. The highest BCUT2D eigenvalue weighted by atomic mass is 16.5. The number of amides is 1. The molecule has 0 spiro atoms. The van der Waals surface area contributed by atoms with E-state index in [2.05, 4.69) is 25.9 Å². The number of benzene rings is 1. The zero-order chi connectivity index (χ0) is 17.1. The fraction of sp³-hybridized carbons (Fsp3) is 0.267. The molecule has 124 valence electrons. The number of rotatable bonds is 5. The second-order valence-electron chi connectivity index (χ2n) is 5.34. The third-order valence-corrected chi connectivity index (χ3v) is 3.51. The van der Waals surface area contributed by atoms with Gasteiger partial charge in [0.1, 0.15) is 18.1 Å². The molecule has 0 bridgehead atoms. The van der Waals surface area contributed by atoms with Gasteiger partial charge in [-0.2, -0.15) is 5.10 Å². The minimum atomic E-state index is -0.443. The van der Waals surface area contributed by atoms with Crippen LogP contribution in [0.15, 0.2) is 36.9 Å². The van der Waals surface area contributed by atoms with Gasteiger partial charge in [-0.1, -0.05) is 0 Å². The molecule has 24 heavy (non-hydrogen) atoms. The highest BCUT2D eigenvalue weighted by Gasteiger charge is 2.16. The van der Waals surface area contributed by atoms with Gasteiger partial charge in [-0.15, -0.1) is 5.10 Å². The van der Waals surface area contributed by atoms with Gasteiger partial charge in [0, 0.05) is 24.0 Å². The summed E-state index contributed by atoms with van der Waals surface area (Å²) in [5, 5.41) is 18.1. The molecule has 0 radical (unpaired) electrons. The number of hydrogen-bond acceptors (Lipinski definition) is 6. The van der Waals surface area contributed by atoms with Crippen LogP contribution in [-0.4, -0.2) is 43.0 Å². The Balaban J connectivity index is 1.83. The molecule has 1 N–H and O–H groups in total. The van der Waals surface area contributed by atoms with Crippen molar-refractivity contribution in [2.24, 2.45) is 0 Å². The molecule has 9 nitrogen and oxygen atoms in total. The third-order valence-electron chi connectivity index (χ3n) is 3.51. The highest BCUT2D eigenvalue weighted by molar-refractivity contribution is 5.93. The molecule has 0 fully saturated rings. The molecule has 3 aromatic rings. The first kappa shape index (κ1) is 15.7. The summed E-state index contributed by atoms with van der Waals surface area (Å²) in [6.45, 7) is 3.71. The molecule has 9 heteroatoms. The fourth-order valence-electron chi connectivity index (χ4n) is 2.20. The van der Waals surface area contributed by atoms with Gasteiger partial charge in [-0.3, -0.25) is 9.48 Å². The van der Waals surface area contributed by atoms with Gasteiger partial charge in [0.2, 0.25) is 5.91 Å². The Morgan fingerprint density at radius 2 is 2.17 bits per heavy atom. The van der Waals surface area contributed by atoms with Gasteiger partial charge >= 0.3 is 0 Å². The van der Waals surface area contributed by atoms with E-state index in [-0.39, 0.29) is 5.91 Å². The number of nitrogens with zero attached hydrogens (tertiary/aromatic N) is 6. The van der Waals surface area contributed by atoms with E-state index in [9.17, 15) is 4.79 Å². The summed E-state index contributed by atoms with van der Waals surface area (Å²) in [4.78, 5) is 12.5. The molecule has 0 saturated carbocycles. The first-order chi connectivity index (χ1) is 11.6. The van der Waals surface area contributed by atoms with Crippen molar-refractivity contribution in [3.05, 3.63) is 42.5 Å². The number of carbonyl (C=O) groups is 1. The second-order valence-corrected chi connectivity index (χ2v) is 5.34. The van der Waals surface area contributed by atoms with Crippen molar-refractivity contribution in [3.63, 3.8) is 0 Å². The largest absolute Gasteiger partial charge is 0.497 e. The van der Waals surface area contributed by atoms with Crippen LogP contribution in [0.5, 0.6) is 5.75 Å². The predicted molar refractivity (Wildman–Crippen MR) is 86.0 cm³/mol. The topological polar surface area (TPSA) is 99.8 Å². The van der Waals surface area contributed by atoms with Gasteiger partial charge in [0.25, 0.3) is 0 Å². The van der Waals surface area contributed by atoms with Crippen LogP contribution in [-0.2, 0) is 4.79 Å². The van der Waals surface area contributed by atoms with E-state index in [4.69, 9.17) is 4.74 Å². The minimum absolute atomic E-state index is 0.186. The predicted octanol–water partition coefficient (Wildman–Crippen LogP) is 1.38. The van der Waals surface area contributed by atoms with E-state index in [0.717, 1.165) is 5.56 Å². The van der Waals surface area contributed by atoms with Crippen LogP contribution >= 0.6 is 0 Å². The number of carbonyl (C=O) groups excluding carboxylic acids is 1. The number of hydrogen-bond donors (Lipinski definition) is 1. The maximum atomic E-state index is 12.5. The molecule has 1 atom stereocenters. The number of methoxy groups -OCH3 is 1. The maximum Gasteiger partial charge on any atom is 0.248 e. The van der Waals surface area contributed by atoms with Crippen LogP contribution in [0.4, 0.5) is 5.69 Å². The van der Waals surface area contributed by atoms with Crippen molar-refractivity contribution >= 4 is 11.6 Å². The van der Waals surface area contributed by atoms with Crippen LogP contribution in [0.2, 0.25) is 0 Å². The molecule has 0 aliphatic carbocycles. The normalized spacial score (nSPS) is 12.0. The number of tetrazole rings is 1. The van der Waals surface area contributed by atoms with E-state index in [1.54, 1.807) is 43.1 Å². The summed E-state index contributed by atoms with van der Waals surface area (Å²) in [7, 11) is 1.56. The zero-order valence-electron chi connectivity index (χ0n) is 13.5. The van der Waals surface area contributed by atoms with Gasteiger partial charge in [-0.05, 0) is 35.9 Å². The summed E-state index contributed by atoms with van der Waals surface area (Å²) in [6.07, 6.45) is 5.00. The number of nitrogens with one attached hydrogen (secondary N) is 1. The standard InChI is InChI=1S/C15H17N7O2/c1-10-7-17-21(8-10)11(2)15(23)18-12-4-13(6-14(5-12)24-3)22-9-16-19-20-22/h4-9,11H,1-3H3,(H,18,23). The summed E-state index contributed by atoms with van der Waals surface area (Å²) in [5.41, 5.74) is 2.26. The Labute approximate surface area is 138 Å². The summed E-state index contributed by atoms with van der Waals surface area (Å²) in [5.74, 6) is 0.398. The fourth-order valence-corrected chi connectivity index (χ4v) is 2.20. The van der Waals surface area contributed by atoms with E-state index >= 15 is 0 Å². The van der Waals surface area contributed by atoms with E-state index in [1.165, 1.54) is 11.0 Å². The molecule has 0 saturated heterocycles. The van der Waals surface area contributed by atoms with Crippen LogP contribution in [0.25, 0.3) is 5.69 Å². The first-order valence-corrected chi connectivity index (χ1v) is 7.31. The molecule has 3 rings (SSSR count). The van der Waals surface area contributed by atoms with Crippen LogP contribution in [0.1, 0.15) is 18.5 Å². The molecule has 2 aromatic heterocycles. The van der Waals surface area contributed by atoms with Crippen molar-refractivity contribution in [1.82, 2.24) is 30.0 Å². The monoisotopic (exact) mass is 327 g/mol. The van der Waals surface area contributed by atoms with Gasteiger partial charge in [0.05, 0.1) is 19.0 Å².